The summed E-state index contributed by atoms with van der Waals surface area (Å²) in [6.45, 7) is 0. The Morgan fingerprint density at radius 2 is 2.36 bits per heavy atom. The lowest BCUT2D eigenvalue weighted by molar-refractivity contribution is -0.157. The van der Waals surface area contributed by atoms with Crippen LogP contribution >= 0.6 is 0 Å². The van der Waals surface area contributed by atoms with E-state index in [1.165, 1.54) is 13.2 Å². The largest absolute Gasteiger partial charge is 0.467 e. The second-order valence-corrected chi connectivity index (χ2v) is 2.41. The van der Waals surface area contributed by atoms with E-state index >= 15 is 0 Å². The van der Waals surface area contributed by atoms with E-state index in [1.54, 1.807) is 18.2 Å². The fourth-order valence-corrected chi connectivity index (χ4v) is 0.937. The highest BCUT2D eigenvalue weighted by atomic mass is 16.5. The van der Waals surface area contributed by atoms with Gasteiger partial charge in [0.1, 0.15) is 0 Å². The van der Waals surface area contributed by atoms with Crippen molar-refractivity contribution in [1.29, 1.82) is 0 Å². The average Bonchev–Trinajstić information content (AvgIpc) is 2.04. The second kappa shape index (κ2) is 2.88. The van der Waals surface area contributed by atoms with Crippen LogP contribution in [0.5, 0.6) is 0 Å². The van der Waals surface area contributed by atoms with Crippen LogP contribution in [0, 0.1) is 0 Å². The molecule has 0 aromatic heterocycles. The minimum Gasteiger partial charge on any atom is -0.467 e. The molecule has 0 saturated carbocycles. The molecule has 0 heterocycles. The van der Waals surface area contributed by atoms with Gasteiger partial charge < -0.3 is 9.84 Å². The van der Waals surface area contributed by atoms with E-state index in [2.05, 4.69) is 4.74 Å². The van der Waals surface area contributed by atoms with E-state index in [1.807, 2.05) is 0 Å². The fraction of sp³-hybridized carbons (Fsp3) is 0.375. The van der Waals surface area contributed by atoms with Crippen LogP contribution in [0.15, 0.2) is 24.3 Å². The summed E-state index contributed by atoms with van der Waals surface area (Å²) in [6, 6.07) is 0. The van der Waals surface area contributed by atoms with Crippen LogP contribution in [-0.2, 0) is 9.53 Å². The van der Waals surface area contributed by atoms with E-state index in [-0.39, 0.29) is 6.42 Å². The monoisotopic (exact) mass is 154 g/mol. The van der Waals surface area contributed by atoms with Crippen molar-refractivity contribution in [3.8, 4) is 0 Å². The summed E-state index contributed by atoms with van der Waals surface area (Å²) in [6.07, 6.45) is 6.84. The van der Waals surface area contributed by atoms with Crippen molar-refractivity contribution in [2.75, 3.05) is 7.11 Å². The summed E-state index contributed by atoms with van der Waals surface area (Å²) >= 11 is 0. The van der Waals surface area contributed by atoms with Crippen molar-refractivity contribution in [1.82, 2.24) is 0 Å². The predicted molar refractivity (Wildman–Crippen MR) is 39.9 cm³/mol. The molecule has 0 amide bonds. The molecule has 3 nitrogen and oxygen atoms in total. The minimum atomic E-state index is -1.44. The lowest BCUT2D eigenvalue weighted by Gasteiger charge is -2.21. The molecule has 0 saturated heterocycles. The van der Waals surface area contributed by atoms with Gasteiger partial charge in [-0.25, -0.2) is 4.79 Å². The number of aliphatic hydroxyl groups is 1. The number of rotatable bonds is 1. The lowest BCUT2D eigenvalue weighted by atomic mass is 9.96. The number of hydrogen-bond donors (Lipinski definition) is 1. The van der Waals surface area contributed by atoms with Crippen LogP contribution < -0.4 is 0 Å². The first-order chi connectivity index (χ1) is 5.19. The topological polar surface area (TPSA) is 46.5 Å². The summed E-state index contributed by atoms with van der Waals surface area (Å²) < 4.78 is 4.42. The van der Waals surface area contributed by atoms with Gasteiger partial charge in [0.15, 0.2) is 5.60 Å². The first-order valence-corrected chi connectivity index (χ1v) is 3.34. The summed E-state index contributed by atoms with van der Waals surface area (Å²) in [5.74, 6) is -0.613. The third-order valence-electron chi connectivity index (χ3n) is 1.59. The molecule has 0 radical (unpaired) electrons. The number of esters is 1. The van der Waals surface area contributed by atoms with Gasteiger partial charge in [-0.15, -0.1) is 0 Å². The number of carbonyl (C=O) groups is 1. The van der Waals surface area contributed by atoms with Crippen molar-refractivity contribution in [3.05, 3.63) is 24.3 Å². The van der Waals surface area contributed by atoms with Crippen molar-refractivity contribution in [2.45, 2.75) is 12.0 Å². The van der Waals surface area contributed by atoms with Gasteiger partial charge in [0, 0.05) is 6.42 Å². The first-order valence-electron chi connectivity index (χ1n) is 3.34. The first kappa shape index (κ1) is 8.01. The number of hydrogen-bond acceptors (Lipinski definition) is 3. The molecule has 1 rings (SSSR count). The molecule has 1 aliphatic rings. The molecule has 0 aromatic carbocycles. The van der Waals surface area contributed by atoms with Crippen molar-refractivity contribution >= 4 is 5.97 Å². The van der Waals surface area contributed by atoms with Gasteiger partial charge in [-0.2, -0.15) is 0 Å². The van der Waals surface area contributed by atoms with Crippen molar-refractivity contribution in [3.63, 3.8) is 0 Å². The van der Waals surface area contributed by atoms with Gasteiger partial charge in [0.05, 0.1) is 7.11 Å². The van der Waals surface area contributed by atoms with E-state index < -0.39 is 11.6 Å². The van der Waals surface area contributed by atoms with Gasteiger partial charge in [-0.3, -0.25) is 0 Å². The zero-order chi connectivity index (χ0) is 8.32. The van der Waals surface area contributed by atoms with Crippen LogP contribution in [-0.4, -0.2) is 23.8 Å². The Morgan fingerprint density at radius 3 is 2.82 bits per heavy atom. The van der Waals surface area contributed by atoms with Gasteiger partial charge in [-0.05, 0) is 6.08 Å². The maximum atomic E-state index is 10.9. The molecule has 0 fully saturated rings. The zero-order valence-corrected chi connectivity index (χ0v) is 6.28. The number of ether oxygens (including phenoxy) is 1. The third-order valence-corrected chi connectivity index (χ3v) is 1.59. The highest BCUT2D eigenvalue weighted by molar-refractivity contribution is 5.82. The normalized spacial score (nSPS) is 28.5. The molecule has 1 unspecified atom stereocenters. The Labute approximate surface area is 65.0 Å². The number of carbonyl (C=O) groups excluding carboxylic acids is 1. The van der Waals surface area contributed by atoms with Crippen molar-refractivity contribution in [2.24, 2.45) is 0 Å². The lowest BCUT2D eigenvalue weighted by Crippen LogP contribution is -2.37. The van der Waals surface area contributed by atoms with Crippen LogP contribution in [0.25, 0.3) is 0 Å². The summed E-state index contributed by atoms with van der Waals surface area (Å²) in [5.41, 5.74) is -1.44. The maximum Gasteiger partial charge on any atom is 0.342 e. The molecule has 1 atom stereocenters. The SMILES string of the molecule is COC(=O)C1(O)C=CC=CC1. The quantitative estimate of drug-likeness (QED) is 0.556. The molecule has 1 N–H and O–H groups in total. The molecule has 0 aromatic rings. The second-order valence-electron chi connectivity index (χ2n) is 2.41. The van der Waals surface area contributed by atoms with Crippen LogP contribution in [0.1, 0.15) is 6.42 Å². The van der Waals surface area contributed by atoms with Crippen LogP contribution in [0.4, 0.5) is 0 Å². The van der Waals surface area contributed by atoms with E-state index in [0.29, 0.717) is 0 Å². The van der Waals surface area contributed by atoms with Crippen LogP contribution in [0.3, 0.4) is 0 Å². The predicted octanol–water partition coefficient (Wildman–Crippen LogP) is 0.407. The molecule has 11 heavy (non-hydrogen) atoms. The minimum absolute atomic E-state index is 0.288. The van der Waals surface area contributed by atoms with Gasteiger partial charge in [-0.1, -0.05) is 18.2 Å². The zero-order valence-electron chi connectivity index (χ0n) is 6.28. The van der Waals surface area contributed by atoms with E-state index in [9.17, 15) is 9.90 Å². The highest BCUT2D eigenvalue weighted by Crippen LogP contribution is 2.18. The smallest absolute Gasteiger partial charge is 0.342 e. The Bertz CT molecular complexity index is 217. The Kier molecular flexibility index (Phi) is 2.10. The Morgan fingerprint density at radius 1 is 1.64 bits per heavy atom. The highest BCUT2D eigenvalue weighted by Gasteiger charge is 2.33. The molecule has 0 bridgehead atoms. The molecule has 3 heteroatoms. The van der Waals surface area contributed by atoms with Crippen molar-refractivity contribution < 1.29 is 14.6 Å². The Balaban J connectivity index is 2.75. The van der Waals surface area contributed by atoms with Crippen LogP contribution in [0.2, 0.25) is 0 Å². The molecule has 60 valence electrons. The summed E-state index contributed by atoms with van der Waals surface area (Å²) in [5, 5.41) is 9.53. The third kappa shape index (κ3) is 1.49. The Hall–Kier alpha value is -1.09. The molecule has 0 spiro atoms. The van der Waals surface area contributed by atoms with Gasteiger partial charge >= 0.3 is 5.97 Å². The van der Waals surface area contributed by atoms with Gasteiger partial charge in [0.2, 0.25) is 0 Å². The number of methoxy groups -OCH3 is 1. The molecule has 0 aliphatic heterocycles. The molecular weight excluding hydrogens is 144 g/mol. The summed E-state index contributed by atoms with van der Waals surface area (Å²) in [7, 11) is 1.26. The fourth-order valence-electron chi connectivity index (χ4n) is 0.937. The van der Waals surface area contributed by atoms with E-state index in [4.69, 9.17) is 0 Å². The standard InChI is InChI=1S/C8H10O3/c1-11-7(9)8(10)5-3-2-4-6-8/h2-5,10H,6H2,1H3. The molecule has 1 aliphatic carbocycles. The molecular formula is C8H10O3. The van der Waals surface area contributed by atoms with E-state index in [0.717, 1.165) is 0 Å². The average molecular weight is 154 g/mol. The maximum absolute atomic E-state index is 10.9. The summed E-state index contributed by atoms with van der Waals surface area (Å²) in [4.78, 5) is 10.9. The van der Waals surface area contributed by atoms with Gasteiger partial charge in [0.25, 0.3) is 0 Å². The number of allylic oxidation sites excluding steroid dienone is 2.